The molecule has 0 spiro atoms. The van der Waals surface area contributed by atoms with Gasteiger partial charge in [-0.05, 0) is 12.5 Å². The summed E-state index contributed by atoms with van der Waals surface area (Å²) < 4.78 is 10.8. The molecular formula is C11H16N2O2S. The van der Waals surface area contributed by atoms with Gasteiger partial charge in [0.15, 0.2) is 0 Å². The summed E-state index contributed by atoms with van der Waals surface area (Å²) in [5.41, 5.74) is 6.04. The number of nitrogens with two attached hydrogens (primary N) is 1. The third kappa shape index (κ3) is 4.55. The summed E-state index contributed by atoms with van der Waals surface area (Å²) in [5.74, 6) is 0.706. The lowest BCUT2D eigenvalue weighted by molar-refractivity contribution is 0.101. The van der Waals surface area contributed by atoms with Gasteiger partial charge in [0.25, 0.3) is 0 Å². The second kappa shape index (κ2) is 7.14. The molecule has 0 unspecified atom stereocenters. The van der Waals surface area contributed by atoms with Crippen LogP contribution in [0.2, 0.25) is 0 Å². The molecule has 0 atom stereocenters. The topological polar surface area (TPSA) is 57.4 Å². The highest BCUT2D eigenvalue weighted by molar-refractivity contribution is 7.80. The van der Waals surface area contributed by atoms with E-state index in [-0.39, 0.29) is 4.99 Å². The molecule has 0 bridgehead atoms. The van der Waals surface area contributed by atoms with Crippen molar-refractivity contribution < 1.29 is 9.47 Å². The van der Waals surface area contributed by atoms with E-state index in [2.05, 4.69) is 11.9 Å². The number of pyridine rings is 1. The Kier molecular flexibility index (Phi) is 5.74. The van der Waals surface area contributed by atoms with Crippen LogP contribution in [0.5, 0.6) is 5.75 Å². The van der Waals surface area contributed by atoms with Gasteiger partial charge in [0, 0.05) is 18.9 Å². The minimum atomic E-state index is 0.271. The molecule has 2 N–H and O–H groups in total. The summed E-state index contributed by atoms with van der Waals surface area (Å²) >= 11 is 4.83. The van der Waals surface area contributed by atoms with E-state index in [0.29, 0.717) is 24.7 Å². The summed E-state index contributed by atoms with van der Waals surface area (Å²) in [6, 6.07) is 3.49. The predicted octanol–water partition coefficient (Wildman–Crippen LogP) is 1.52. The largest absolute Gasteiger partial charge is 0.491 e. The zero-order valence-corrected chi connectivity index (χ0v) is 10.1. The van der Waals surface area contributed by atoms with Crippen molar-refractivity contribution in [3.8, 4) is 5.75 Å². The Labute approximate surface area is 101 Å². The van der Waals surface area contributed by atoms with E-state index in [4.69, 9.17) is 27.4 Å². The van der Waals surface area contributed by atoms with Crippen LogP contribution in [0.3, 0.4) is 0 Å². The molecule has 5 heteroatoms. The van der Waals surface area contributed by atoms with Crippen LogP contribution in [-0.2, 0) is 4.74 Å². The zero-order valence-electron chi connectivity index (χ0n) is 9.31. The van der Waals surface area contributed by atoms with E-state index in [1.54, 1.807) is 18.3 Å². The van der Waals surface area contributed by atoms with Crippen LogP contribution in [0.25, 0.3) is 0 Å². The molecule has 0 fully saturated rings. The number of hydrogen-bond donors (Lipinski definition) is 1. The first-order chi connectivity index (χ1) is 7.74. The fraction of sp³-hybridized carbons (Fsp3) is 0.455. The van der Waals surface area contributed by atoms with Gasteiger partial charge in [-0.1, -0.05) is 19.1 Å². The first kappa shape index (κ1) is 12.9. The van der Waals surface area contributed by atoms with Crippen molar-refractivity contribution in [3.63, 3.8) is 0 Å². The van der Waals surface area contributed by atoms with E-state index >= 15 is 0 Å². The summed E-state index contributed by atoms with van der Waals surface area (Å²) in [7, 11) is 0. The van der Waals surface area contributed by atoms with Crippen LogP contribution in [0.4, 0.5) is 0 Å². The van der Waals surface area contributed by atoms with Gasteiger partial charge in [0.2, 0.25) is 0 Å². The Morgan fingerprint density at radius 1 is 1.44 bits per heavy atom. The molecule has 1 aromatic rings. The molecular weight excluding hydrogens is 224 g/mol. The van der Waals surface area contributed by atoms with Gasteiger partial charge >= 0.3 is 0 Å². The van der Waals surface area contributed by atoms with E-state index in [0.717, 1.165) is 13.0 Å². The van der Waals surface area contributed by atoms with Crippen LogP contribution in [0.1, 0.15) is 19.0 Å². The molecule has 0 saturated heterocycles. The highest BCUT2D eigenvalue weighted by Gasteiger charge is 2.00. The molecule has 1 aromatic heterocycles. The maximum absolute atomic E-state index is 5.47. The van der Waals surface area contributed by atoms with Crippen LogP contribution >= 0.6 is 12.2 Å². The average molecular weight is 240 g/mol. The molecule has 16 heavy (non-hydrogen) atoms. The van der Waals surface area contributed by atoms with Gasteiger partial charge in [0.1, 0.15) is 23.0 Å². The molecule has 4 nitrogen and oxygen atoms in total. The maximum Gasteiger partial charge on any atom is 0.123 e. The van der Waals surface area contributed by atoms with Crippen LogP contribution in [0, 0.1) is 0 Å². The molecule has 88 valence electrons. The van der Waals surface area contributed by atoms with E-state index in [1.807, 2.05) is 0 Å². The summed E-state index contributed by atoms with van der Waals surface area (Å²) in [4.78, 5) is 4.29. The van der Waals surface area contributed by atoms with Crippen molar-refractivity contribution in [2.45, 2.75) is 13.3 Å². The quantitative estimate of drug-likeness (QED) is 0.578. The minimum absolute atomic E-state index is 0.271. The van der Waals surface area contributed by atoms with Gasteiger partial charge in [0.05, 0.1) is 6.61 Å². The Morgan fingerprint density at radius 2 is 2.25 bits per heavy atom. The van der Waals surface area contributed by atoms with Crippen molar-refractivity contribution in [2.24, 2.45) is 5.73 Å². The minimum Gasteiger partial charge on any atom is -0.491 e. The number of hydrogen-bond acceptors (Lipinski definition) is 4. The Hall–Kier alpha value is -1.20. The van der Waals surface area contributed by atoms with Gasteiger partial charge in [-0.25, -0.2) is 0 Å². The fourth-order valence-corrected chi connectivity index (χ4v) is 1.21. The smallest absolute Gasteiger partial charge is 0.123 e. The van der Waals surface area contributed by atoms with E-state index < -0.39 is 0 Å². The molecule has 0 aromatic carbocycles. The Balaban J connectivity index is 2.36. The monoisotopic (exact) mass is 240 g/mol. The first-order valence-corrected chi connectivity index (χ1v) is 5.61. The highest BCUT2D eigenvalue weighted by atomic mass is 32.1. The number of nitrogens with zero attached hydrogens (tertiary/aromatic N) is 1. The predicted molar refractivity (Wildman–Crippen MR) is 66.7 cm³/mol. The maximum atomic E-state index is 5.47. The second-order valence-electron chi connectivity index (χ2n) is 3.20. The van der Waals surface area contributed by atoms with Gasteiger partial charge in [-0.2, -0.15) is 0 Å². The Morgan fingerprint density at radius 3 is 2.94 bits per heavy atom. The lowest BCUT2D eigenvalue weighted by Crippen LogP contribution is -2.12. The zero-order chi connectivity index (χ0) is 11.8. The standard InChI is InChI=1S/C11H16N2O2S/c1-2-5-14-6-7-15-9-3-4-13-10(8-9)11(12)16/h3-4,8H,2,5-7H2,1H3,(H2,12,16). The molecule has 1 heterocycles. The van der Waals surface area contributed by atoms with E-state index in [1.165, 1.54) is 0 Å². The molecule has 0 aliphatic rings. The number of rotatable bonds is 7. The summed E-state index contributed by atoms with van der Waals surface area (Å²) in [6.07, 6.45) is 2.64. The normalized spacial score (nSPS) is 10.1. The third-order valence-corrected chi connectivity index (χ3v) is 2.04. The molecule has 0 radical (unpaired) electrons. The third-order valence-electron chi connectivity index (χ3n) is 1.83. The number of thiocarbonyl (C=S) groups is 1. The molecule has 0 aliphatic heterocycles. The van der Waals surface area contributed by atoms with Crippen LogP contribution in [-0.4, -0.2) is 29.8 Å². The first-order valence-electron chi connectivity index (χ1n) is 5.20. The SMILES string of the molecule is CCCOCCOc1ccnc(C(N)=S)c1. The number of ether oxygens (including phenoxy) is 2. The molecule has 0 amide bonds. The van der Waals surface area contributed by atoms with Crippen molar-refractivity contribution in [1.82, 2.24) is 4.98 Å². The average Bonchev–Trinajstić information content (AvgIpc) is 2.29. The van der Waals surface area contributed by atoms with Crippen molar-refractivity contribution in [3.05, 3.63) is 24.0 Å². The Bertz CT molecular complexity index is 345. The van der Waals surface area contributed by atoms with Crippen molar-refractivity contribution in [2.75, 3.05) is 19.8 Å². The molecule has 0 aliphatic carbocycles. The second-order valence-corrected chi connectivity index (χ2v) is 3.64. The highest BCUT2D eigenvalue weighted by Crippen LogP contribution is 2.10. The van der Waals surface area contributed by atoms with Crippen molar-refractivity contribution >= 4 is 17.2 Å². The van der Waals surface area contributed by atoms with Gasteiger partial charge < -0.3 is 15.2 Å². The lowest BCUT2D eigenvalue weighted by atomic mass is 10.3. The van der Waals surface area contributed by atoms with Crippen molar-refractivity contribution in [1.29, 1.82) is 0 Å². The number of aromatic nitrogens is 1. The van der Waals surface area contributed by atoms with E-state index in [9.17, 15) is 0 Å². The van der Waals surface area contributed by atoms with Crippen LogP contribution < -0.4 is 10.5 Å². The van der Waals surface area contributed by atoms with Crippen LogP contribution in [0.15, 0.2) is 18.3 Å². The van der Waals surface area contributed by atoms with Gasteiger partial charge in [-0.3, -0.25) is 4.98 Å². The molecule has 0 saturated carbocycles. The summed E-state index contributed by atoms with van der Waals surface area (Å²) in [6.45, 7) is 3.93. The van der Waals surface area contributed by atoms with Gasteiger partial charge in [-0.15, -0.1) is 0 Å². The lowest BCUT2D eigenvalue weighted by Gasteiger charge is -2.07. The molecule has 1 rings (SSSR count). The fourth-order valence-electron chi connectivity index (χ4n) is 1.10. The summed E-state index contributed by atoms with van der Waals surface area (Å²) in [5, 5.41) is 0.